The monoisotopic (exact) mass is 365 g/mol. The van der Waals surface area contributed by atoms with Crippen molar-refractivity contribution in [1.29, 1.82) is 0 Å². The minimum Gasteiger partial charge on any atom is -0.313 e. The van der Waals surface area contributed by atoms with Gasteiger partial charge in [0.25, 0.3) is 0 Å². The molecule has 1 aliphatic heterocycles. The summed E-state index contributed by atoms with van der Waals surface area (Å²) in [5.41, 5.74) is 7.47. The largest absolute Gasteiger partial charge is 0.313 e. The van der Waals surface area contributed by atoms with E-state index in [-0.39, 0.29) is 12.5 Å². The fourth-order valence-corrected chi connectivity index (χ4v) is 3.27. The standard InChI is InChI=1S/C20H18ClN2OSi/c1-23-18-9-8-14(10-11-25(2)3)12-16(18)20(22-13-19(23)24)15-6-4-5-7-17(15)21/h4-9,12H,13H2,1-3H3. The summed E-state index contributed by atoms with van der Waals surface area (Å²) >= 11 is 6.39. The third-order valence-electron chi connectivity index (χ3n) is 3.95. The molecule has 2 aromatic carbocycles. The molecular weight excluding hydrogens is 348 g/mol. The van der Waals surface area contributed by atoms with Crippen molar-refractivity contribution >= 4 is 37.7 Å². The summed E-state index contributed by atoms with van der Waals surface area (Å²) in [6.45, 7) is 4.41. The minimum absolute atomic E-state index is 0.0465. The molecule has 1 amide bonds. The molecule has 25 heavy (non-hydrogen) atoms. The van der Waals surface area contributed by atoms with Gasteiger partial charge in [0, 0.05) is 28.8 Å². The van der Waals surface area contributed by atoms with Crippen LogP contribution in [0.25, 0.3) is 0 Å². The number of rotatable bonds is 1. The van der Waals surface area contributed by atoms with Crippen LogP contribution >= 0.6 is 11.6 Å². The smallest absolute Gasteiger partial charge is 0.248 e. The van der Waals surface area contributed by atoms with E-state index in [2.05, 4.69) is 29.6 Å². The van der Waals surface area contributed by atoms with Gasteiger partial charge in [-0.3, -0.25) is 9.79 Å². The molecule has 0 spiro atoms. The number of hydrogen-bond acceptors (Lipinski definition) is 2. The van der Waals surface area contributed by atoms with E-state index in [1.807, 2.05) is 42.5 Å². The van der Waals surface area contributed by atoms with Crippen molar-refractivity contribution in [3.8, 4) is 11.5 Å². The number of amides is 1. The lowest BCUT2D eigenvalue weighted by atomic mass is 9.98. The van der Waals surface area contributed by atoms with Gasteiger partial charge in [0.1, 0.15) is 15.3 Å². The highest BCUT2D eigenvalue weighted by molar-refractivity contribution is 6.64. The van der Waals surface area contributed by atoms with Crippen LogP contribution in [0.15, 0.2) is 47.5 Å². The Balaban J connectivity index is 2.20. The van der Waals surface area contributed by atoms with Crippen molar-refractivity contribution in [3.05, 3.63) is 64.2 Å². The summed E-state index contributed by atoms with van der Waals surface area (Å²) < 4.78 is 0. The fourth-order valence-electron chi connectivity index (χ4n) is 2.65. The van der Waals surface area contributed by atoms with Crippen LogP contribution in [0.3, 0.4) is 0 Å². The lowest BCUT2D eigenvalue weighted by Crippen LogP contribution is -2.27. The molecule has 1 aliphatic rings. The zero-order chi connectivity index (χ0) is 18.0. The van der Waals surface area contributed by atoms with E-state index in [9.17, 15) is 4.79 Å². The van der Waals surface area contributed by atoms with Crippen molar-refractivity contribution < 1.29 is 4.79 Å². The van der Waals surface area contributed by atoms with Crippen molar-refractivity contribution in [2.45, 2.75) is 13.1 Å². The van der Waals surface area contributed by atoms with Crippen LogP contribution in [0, 0.1) is 11.5 Å². The van der Waals surface area contributed by atoms with Crippen LogP contribution in [-0.4, -0.2) is 34.0 Å². The van der Waals surface area contributed by atoms with E-state index >= 15 is 0 Å². The number of benzene rings is 2. The van der Waals surface area contributed by atoms with Crippen LogP contribution in [0.1, 0.15) is 16.7 Å². The van der Waals surface area contributed by atoms with Crippen LogP contribution < -0.4 is 4.90 Å². The fraction of sp³-hybridized carbons (Fsp3) is 0.200. The molecule has 2 aromatic rings. The van der Waals surface area contributed by atoms with Crippen LogP contribution in [0.2, 0.25) is 18.1 Å². The molecule has 0 aromatic heterocycles. The predicted molar refractivity (Wildman–Crippen MR) is 106 cm³/mol. The summed E-state index contributed by atoms with van der Waals surface area (Å²) in [6.07, 6.45) is 0. The Kier molecular flexibility index (Phi) is 5.07. The number of benzodiazepines with no additional fused rings is 1. The Morgan fingerprint density at radius 2 is 1.92 bits per heavy atom. The topological polar surface area (TPSA) is 32.7 Å². The molecule has 125 valence electrons. The first kappa shape index (κ1) is 17.5. The highest BCUT2D eigenvalue weighted by Gasteiger charge is 2.23. The van der Waals surface area contributed by atoms with E-state index in [0.717, 1.165) is 28.1 Å². The minimum atomic E-state index is -0.628. The third kappa shape index (κ3) is 3.68. The van der Waals surface area contributed by atoms with E-state index in [1.165, 1.54) is 0 Å². The number of carbonyl (C=O) groups is 1. The van der Waals surface area contributed by atoms with Crippen LogP contribution in [0.5, 0.6) is 0 Å². The van der Waals surface area contributed by atoms with Crippen molar-refractivity contribution in [1.82, 2.24) is 0 Å². The molecule has 1 radical (unpaired) electrons. The van der Waals surface area contributed by atoms with E-state index < -0.39 is 8.80 Å². The first-order chi connectivity index (χ1) is 12.0. The molecule has 0 saturated carbocycles. The Labute approximate surface area is 154 Å². The quantitative estimate of drug-likeness (QED) is 0.559. The molecule has 5 heteroatoms. The van der Waals surface area contributed by atoms with Gasteiger partial charge in [-0.25, -0.2) is 0 Å². The van der Waals surface area contributed by atoms with Gasteiger partial charge in [-0.05, 0) is 24.3 Å². The molecule has 0 bridgehead atoms. The number of carbonyl (C=O) groups excluding carboxylic acids is 1. The second-order valence-corrected chi connectivity index (χ2v) is 8.74. The zero-order valence-electron chi connectivity index (χ0n) is 14.4. The number of hydrogen-bond donors (Lipinski definition) is 0. The molecule has 0 atom stereocenters. The van der Waals surface area contributed by atoms with Gasteiger partial charge in [0.2, 0.25) is 5.91 Å². The Morgan fingerprint density at radius 3 is 2.64 bits per heavy atom. The average molecular weight is 366 g/mol. The molecule has 0 saturated heterocycles. The number of likely N-dealkylation sites (N-methyl/N-ethyl adjacent to an activating group) is 1. The Bertz CT molecular complexity index is 925. The van der Waals surface area contributed by atoms with E-state index in [4.69, 9.17) is 11.6 Å². The van der Waals surface area contributed by atoms with Gasteiger partial charge in [-0.15, -0.1) is 5.54 Å². The van der Waals surface area contributed by atoms with Gasteiger partial charge in [0.05, 0.1) is 11.4 Å². The number of halogens is 1. The first-order valence-corrected chi connectivity index (χ1v) is 10.9. The SMILES string of the molecule is CN1C(=O)CN=C(c2ccccc2Cl)c2cc(C#C[Si](C)C)ccc21. The average Bonchev–Trinajstić information content (AvgIpc) is 2.71. The number of fused-ring (bicyclic) bond motifs is 1. The van der Waals surface area contributed by atoms with E-state index in [1.54, 1.807) is 11.9 Å². The molecule has 3 rings (SSSR count). The highest BCUT2D eigenvalue weighted by Crippen LogP contribution is 2.29. The summed E-state index contributed by atoms with van der Waals surface area (Å²) in [6, 6.07) is 13.5. The maximum absolute atomic E-state index is 12.3. The number of anilines is 1. The highest BCUT2D eigenvalue weighted by atomic mass is 35.5. The second kappa shape index (κ2) is 7.26. The van der Waals surface area contributed by atoms with Gasteiger partial charge in [-0.1, -0.05) is 48.8 Å². The summed E-state index contributed by atoms with van der Waals surface area (Å²) in [7, 11) is 1.15. The third-order valence-corrected chi connectivity index (χ3v) is 4.90. The summed E-state index contributed by atoms with van der Waals surface area (Å²) in [4.78, 5) is 18.5. The molecule has 0 fully saturated rings. The summed E-state index contributed by atoms with van der Waals surface area (Å²) in [5.74, 6) is 3.18. The Morgan fingerprint density at radius 1 is 1.16 bits per heavy atom. The number of nitrogens with zero attached hydrogens (tertiary/aromatic N) is 2. The van der Waals surface area contributed by atoms with Crippen molar-refractivity contribution in [2.75, 3.05) is 18.5 Å². The molecule has 3 nitrogen and oxygen atoms in total. The first-order valence-electron chi connectivity index (χ1n) is 8.00. The molecule has 1 heterocycles. The van der Waals surface area contributed by atoms with Crippen LogP contribution in [-0.2, 0) is 4.79 Å². The molecule has 0 N–H and O–H groups in total. The molecular formula is C20H18ClN2OSi. The van der Waals surface area contributed by atoms with Gasteiger partial charge in [-0.2, -0.15) is 0 Å². The molecule has 0 unspecified atom stereocenters. The summed E-state index contributed by atoms with van der Waals surface area (Å²) in [5, 5.41) is 0.619. The van der Waals surface area contributed by atoms with Crippen molar-refractivity contribution in [2.24, 2.45) is 4.99 Å². The van der Waals surface area contributed by atoms with Gasteiger partial charge in [0.15, 0.2) is 0 Å². The Hall–Kier alpha value is -2.35. The lowest BCUT2D eigenvalue weighted by Gasteiger charge is -2.18. The maximum atomic E-state index is 12.3. The van der Waals surface area contributed by atoms with Gasteiger partial charge < -0.3 is 4.90 Å². The van der Waals surface area contributed by atoms with E-state index in [0.29, 0.717) is 5.02 Å². The van der Waals surface area contributed by atoms with Crippen molar-refractivity contribution in [3.63, 3.8) is 0 Å². The van der Waals surface area contributed by atoms with Crippen LogP contribution in [0.4, 0.5) is 5.69 Å². The lowest BCUT2D eigenvalue weighted by molar-refractivity contribution is -0.116. The predicted octanol–water partition coefficient (Wildman–Crippen LogP) is 3.80. The maximum Gasteiger partial charge on any atom is 0.248 e. The number of aliphatic imine (C=N–C) groups is 1. The van der Waals surface area contributed by atoms with Gasteiger partial charge >= 0.3 is 0 Å². The second-order valence-electron chi connectivity index (χ2n) is 6.08. The zero-order valence-corrected chi connectivity index (χ0v) is 16.2. The molecule has 0 aliphatic carbocycles. The normalized spacial score (nSPS) is 13.7.